The maximum atomic E-state index is 5.86. The van der Waals surface area contributed by atoms with Gasteiger partial charge >= 0.3 is 0 Å². The maximum absolute atomic E-state index is 5.86. The number of aromatic nitrogens is 1. The lowest BCUT2D eigenvalue weighted by molar-refractivity contribution is 0.301. The van der Waals surface area contributed by atoms with Gasteiger partial charge in [-0.3, -0.25) is 9.98 Å². The Morgan fingerprint density at radius 2 is 1.88 bits per heavy atom. The average Bonchev–Trinajstić information content (AvgIpc) is 2.82. The Balaban J connectivity index is 0.00000363. The summed E-state index contributed by atoms with van der Waals surface area (Å²) in [6, 6.07) is 19.4. The molecule has 2 aromatic carbocycles. The molecule has 1 aromatic heterocycles. The minimum Gasteiger partial charge on any atom is -0.493 e. The van der Waals surface area contributed by atoms with Crippen molar-refractivity contribution in [2.45, 2.75) is 20.1 Å². The summed E-state index contributed by atoms with van der Waals surface area (Å²) in [6.07, 6.45) is 1.76. The van der Waals surface area contributed by atoms with Gasteiger partial charge in [-0.05, 0) is 48.9 Å². The lowest BCUT2D eigenvalue weighted by Gasteiger charge is -2.15. The number of rotatable bonds is 9. The monoisotopic (exact) mass is 548 g/mol. The van der Waals surface area contributed by atoms with Crippen LogP contribution in [0.5, 0.6) is 17.2 Å². The Labute approximate surface area is 206 Å². The van der Waals surface area contributed by atoms with Crippen LogP contribution in [-0.4, -0.2) is 31.7 Å². The van der Waals surface area contributed by atoms with Crippen molar-refractivity contribution < 1.29 is 14.2 Å². The Morgan fingerprint density at radius 3 is 2.59 bits per heavy atom. The molecule has 8 heteroatoms. The van der Waals surface area contributed by atoms with Crippen molar-refractivity contribution in [2.24, 2.45) is 4.99 Å². The highest BCUT2D eigenvalue weighted by Gasteiger charge is 2.07. The summed E-state index contributed by atoms with van der Waals surface area (Å²) < 4.78 is 16.8. The zero-order valence-electron chi connectivity index (χ0n) is 18.5. The van der Waals surface area contributed by atoms with E-state index < -0.39 is 0 Å². The lowest BCUT2D eigenvalue weighted by Crippen LogP contribution is -2.30. The van der Waals surface area contributed by atoms with Crippen molar-refractivity contribution in [3.8, 4) is 17.2 Å². The number of pyridine rings is 1. The highest BCUT2D eigenvalue weighted by molar-refractivity contribution is 14.0. The third-order valence-corrected chi connectivity index (χ3v) is 4.42. The van der Waals surface area contributed by atoms with E-state index in [4.69, 9.17) is 14.2 Å². The SMILES string of the molecule is CCOc1cc(NC(=NC)NCc2cccc(OCc3ccccn3)c2)ccc1OC.I. The maximum Gasteiger partial charge on any atom is 0.195 e. The number of hydrogen-bond donors (Lipinski definition) is 2. The van der Waals surface area contributed by atoms with Crippen molar-refractivity contribution in [3.05, 3.63) is 78.1 Å². The van der Waals surface area contributed by atoms with Crippen molar-refractivity contribution in [3.63, 3.8) is 0 Å². The van der Waals surface area contributed by atoms with E-state index in [-0.39, 0.29) is 24.0 Å². The molecule has 3 rings (SSSR count). The predicted molar refractivity (Wildman–Crippen MR) is 138 cm³/mol. The molecule has 0 aliphatic carbocycles. The van der Waals surface area contributed by atoms with Crippen LogP contribution < -0.4 is 24.8 Å². The Kier molecular flexibility index (Phi) is 10.6. The van der Waals surface area contributed by atoms with Gasteiger partial charge in [-0.25, -0.2) is 0 Å². The fourth-order valence-corrected chi connectivity index (χ4v) is 2.91. The molecule has 3 aromatic rings. The fourth-order valence-electron chi connectivity index (χ4n) is 2.91. The molecule has 0 aliphatic rings. The molecule has 2 N–H and O–H groups in total. The smallest absolute Gasteiger partial charge is 0.195 e. The van der Waals surface area contributed by atoms with E-state index in [9.17, 15) is 0 Å². The largest absolute Gasteiger partial charge is 0.493 e. The van der Waals surface area contributed by atoms with Crippen LogP contribution in [0.1, 0.15) is 18.2 Å². The van der Waals surface area contributed by atoms with E-state index in [1.807, 2.05) is 67.6 Å². The van der Waals surface area contributed by atoms with Gasteiger partial charge in [-0.15, -0.1) is 24.0 Å². The lowest BCUT2D eigenvalue weighted by atomic mass is 10.2. The topological polar surface area (TPSA) is 77.0 Å². The first-order chi connectivity index (χ1) is 15.2. The molecule has 0 bridgehead atoms. The molecule has 0 saturated carbocycles. The summed E-state index contributed by atoms with van der Waals surface area (Å²) in [7, 11) is 3.36. The number of anilines is 1. The van der Waals surface area contributed by atoms with Crippen molar-refractivity contribution in [2.75, 3.05) is 26.1 Å². The van der Waals surface area contributed by atoms with Gasteiger partial charge in [-0.2, -0.15) is 0 Å². The number of hydrogen-bond acceptors (Lipinski definition) is 5. The van der Waals surface area contributed by atoms with Crippen LogP contribution in [0.15, 0.2) is 71.9 Å². The Bertz CT molecular complexity index is 1000. The average molecular weight is 548 g/mol. The first-order valence-corrected chi connectivity index (χ1v) is 10.1. The number of benzene rings is 2. The molecule has 32 heavy (non-hydrogen) atoms. The van der Waals surface area contributed by atoms with E-state index in [2.05, 4.69) is 20.6 Å². The van der Waals surface area contributed by atoms with E-state index in [1.165, 1.54) is 0 Å². The van der Waals surface area contributed by atoms with Gasteiger partial charge in [0.15, 0.2) is 17.5 Å². The standard InChI is InChI=1S/C24H28N4O3.HI/c1-4-30-23-15-19(11-12-22(23)29-3)28-24(25-2)27-16-18-8-7-10-21(14-18)31-17-20-9-5-6-13-26-20;/h5-15H,4,16-17H2,1-3H3,(H2,25,27,28);1H. The molecule has 0 saturated heterocycles. The van der Waals surface area contributed by atoms with Gasteiger partial charge in [0.2, 0.25) is 0 Å². The van der Waals surface area contributed by atoms with Gasteiger partial charge in [0.05, 0.1) is 19.4 Å². The first kappa shape index (κ1) is 25.3. The molecule has 0 unspecified atom stereocenters. The second-order valence-corrected chi connectivity index (χ2v) is 6.61. The van der Waals surface area contributed by atoms with E-state index >= 15 is 0 Å². The molecule has 170 valence electrons. The molecule has 0 amide bonds. The summed E-state index contributed by atoms with van der Waals surface area (Å²) in [5.74, 6) is 2.82. The summed E-state index contributed by atoms with van der Waals surface area (Å²) in [6.45, 7) is 3.52. The number of nitrogens with one attached hydrogen (secondary N) is 2. The molecule has 0 fully saturated rings. The highest BCUT2D eigenvalue weighted by Crippen LogP contribution is 2.30. The minimum absolute atomic E-state index is 0. The quantitative estimate of drug-likeness (QED) is 0.226. The van der Waals surface area contributed by atoms with Gasteiger partial charge in [-0.1, -0.05) is 18.2 Å². The molecule has 0 radical (unpaired) electrons. The zero-order valence-corrected chi connectivity index (χ0v) is 20.8. The second kappa shape index (κ2) is 13.4. The van der Waals surface area contributed by atoms with Crippen LogP contribution in [0.25, 0.3) is 0 Å². The molecular formula is C24H29IN4O3. The number of methoxy groups -OCH3 is 1. The normalized spacial score (nSPS) is 10.7. The summed E-state index contributed by atoms with van der Waals surface area (Å²) in [5, 5.41) is 6.59. The third kappa shape index (κ3) is 7.60. The summed E-state index contributed by atoms with van der Waals surface area (Å²) in [5.41, 5.74) is 2.82. The van der Waals surface area contributed by atoms with Crippen molar-refractivity contribution in [1.82, 2.24) is 10.3 Å². The summed E-state index contributed by atoms with van der Waals surface area (Å²) >= 11 is 0. The van der Waals surface area contributed by atoms with Crippen LogP contribution in [0.4, 0.5) is 5.69 Å². The van der Waals surface area contributed by atoms with Gasteiger partial charge < -0.3 is 24.8 Å². The van der Waals surface area contributed by atoms with Gasteiger partial charge in [0, 0.05) is 31.5 Å². The molecular weight excluding hydrogens is 519 g/mol. The van der Waals surface area contributed by atoms with E-state index in [0.29, 0.717) is 37.2 Å². The van der Waals surface area contributed by atoms with Crippen LogP contribution in [0, 0.1) is 0 Å². The van der Waals surface area contributed by atoms with Crippen LogP contribution in [-0.2, 0) is 13.2 Å². The van der Waals surface area contributed by atoms with Crippen molar-refractivity contribution >= 4 is 35.6 Å². The number of nitrogens with zero attached hydrogens (tertiary/aromatic N) is 2. The molecule has 0 aliphatic heterocycles. The van der Waals surface area contributed by atoms with Crippen molar-refractivity contribution in [1.29, 1.82) is 0 Å². The zero-order chi connectivity index (χ0) is 21.9. The van der Waals surface area contributed by atoms with E-state index in [1.54, 1.807) is 20.4 Å². The number of guanidine groups is 1. The predicted octanol–water partition coefficient (Wildman–Crippen LogP) is 4.87. The third-order valence-electron chi connectivity index (χ3n) is 4.42. The first-order valence-electron chi connectivity index (χ1n) is 10.1. The van der Waals surface area contributed by atoms with E-state index in [0.717, 1.165) is 22.7 Å². The van der Waals surface area contributed by atoms with Crippen LogP contribution in [0.2, 0.25) is 0 Å². The molecule has 7 nitrogen and oxygen atoms in total. The fraction of sp³-hybridized carbons (Fsp3) is 0.250. The second-order valence-electron chi connectivity index (χ2n) is 6.61. The summed E-state index contributed by atoms with van der Waals surface area (Å²) in [4.78, 5) is 8.58. The molecule has 1 heterocycles. The Morgan fingerprint density at radius 1 is 1.00 bits per heavy atom. The van der Waals surface area contributed by atoms with Crippen LogP contribution in [0.3, 0.4) is 0 Å². The number of aliphatic imine (C=N–C) groups is 1. The number of halogens is 1. The minimum atomic E-state index is 0. The molecule has 0 atom stereocenters. The highest BCUT2D eigenvalue weighted by atomic mass is 127. The van der Waals surface area contributed by atoms with Gasteiger partial charge in [0.1, 0.15) is 12.4 Å². The number of ether oxygens (including phenoxy) is 3. The molecule has 0 spiro atoms. The Hall–Kier alpha value is -3.01. The van der Waals surface area contributed by atoms with Crippen LogP contribution >= 0.6 is 24.0 Å². The van der Waals surface area contributed by atoms with Gasteiger partial charge in [0.25, 0.3) is 0 Å².